The van der Waals surface area contributed by atoms with E-state index < -0.39 is 5.92 Å². The molecule has 3 aromatic carbocycles. The number of pyridine rings is 2. The number of hydrogen-bond acceptors (Lipinski definition) is 9. The van der Waals surface area contributed by atoms with Crippen molar-refractivity contribution in [3.63, 3.8) is 0 Å². The van der Waals surface area contributed by atoms with Gasteiger partial charge in [-0.15, -0.1) is 5.10 Å². The van der Waals surface area contributed by atoms with Crippen LogP contribution in [0.3, 0.4) is 0 Å². The van der Waals surface area contributed by atoms with Gasteiger partial charge in [0.2, 0.25) is 11.8 Å². The van der Waals surface area contributed by atoms with E-state index >= 15 is 4.39 Å². The maximum absolute atomic E-state index is 15.5. The number of methoxy groups -OCH3 is 1. The molecule has 0 bridgehead atoms. The Balaban J connectivity index is 1.01. The van der Waals surface area contributed by atoms with E-state index in [4.69, 9.17) is 9.72 Å². The van der Waals surface area contributed by atoms with Gasteiger partial charge in [0.1, 0.15) is 11.6 Å². The number of urea groups is 1. The minimum Gasteiger partial charge on any atom is -0.467 e. The molecule has 3 aliphatic rings. The van der Waals surface area contributed by atoms with Crippen molar-refractivity contribution in [1.29, 1.82) is 0 Å². The van der Waals surface area contributed by atoms with Gasteiger partial charge in [0.25, 0.3) is 0 Å². The lowest BCUT2D eigenvalue weighted by molar-refractivity contribution is -0.134. The molecule has 3 aliphatic heterocycles. The second-order valence-corrected chi connectivity index (χ2v) is 16.3. The van der Waals surface area contributed by atoms with Crippen molar-refractivity contribution >= 4 is 29.4 Å². The molecule has 0 radical (unpaired) electrons. The molecule has 2 unspecified atom stereocenters. The van der Waals surface area contributed by atoms with Crippen molar-refractivity contribution in [2.45, 2.75) is 57.4 Å². The summed E-state index contributed by atoms with van der Waals surface area (Å²) in [5, 5.41) is 6.64. The topological polar surface area (TPSA) is 148 Å². The Hall–Kier alpha value is -7.00. The number of anilines is 2. The molecule has 3 aromatic heterocycles. The summed E-state index contributed by atoms with van der Waals surface area (Å²) in [5.74, 6) is -0.722. The Morgan fingerprint density at radius 3 is 2.40 bits per heavy atom. The van der Waals surface area contributed by atoms with E-state index in [0.717, 1.165) is 59.4 Å². The first-order chi connectivity index (χ1) is 30.6. The summed E-state index contributed by atoms with van der Waals surface area (Å²) >= 11 is 0. The smallest absolute Gasteiger partial charge is 0.353 e. The summed E-state index contributed by atoms with van der Waals surface area (Å²) in [4.78, 5) is 66.0. The fourth-order valence-electron chi connectivity index (χ4n) is 9.31. The molecule has 6 aromatic rings. The highest BCUT2D eigenvalue weighted by molar-refractivity contribution is 6.06. The summed E-state index contributed by atoms with van der Waals surface area (Å²) < 4.78 is 23.7. The fourth-order valence-corrected chi connectivity index (χ4v) is 9.31. The van der Waals surface area contributed by atoms with E-state index in [9.17, 15) is 19.2 Å². The molecule has 0 saturated carbocycles. The maximum Gasteiger partial charge on any atom is 0.353 e. The van der Waals surface area contributed by atoms with Gasteiger partial charge in [-0.1, -0.05) is 49.4 Å². The molecule has 9 rings (SSSR count). The van der Waals surface area contributed by atoms with Gasteiger partial charge in [0.15, 0.2) is 0 Å². The van der Waals surface area contributed by atoms with Crippen molar-refractivity contribution in [3.05, 3.63) is 136 Å². The van der Waals surface area contributed by atoms with Crippen molar-refractivity contribution in [2.24, 2.45) is 7.05 Å². The first-order valence-corrected chi connectivity index (χ1v) is 21.4. The van der Waals surface area contributed by atoms with Crippen LogP contribution in [0.5, 0.6) is 6.01 Å². The molecule has 0 spiro atoms. The minimum atomic E-state index is -0.533. The molecule has 3 saturated heterocycles. The number of amides is 4. The summed E-state index contributed by atoms with van der Waals surface area (Å²) in [6.07, 6.45) is 8.29. The quantitative estimate of drug-likeness (QED) is 0.140. The molecular weight excluding hydrogens is 802 g/mol. The summed E-state index contributed by atoms with van der Waals surface area (Å²) in [5.41, 5.74) is 7.85. The lowest BCUT2D eigenvalue weighted by atomic mass is 9.87. The van der Waals surface area contributed by atoms with Crippen LogP contribution >= 0.6 is 0 Å². The number of carbonyl (C=O) groups is 3. The average molecular weight is 850 g/mol. The van der Waals surface area contributed by atoms with E-state index in [1.165, 1.54) is 28.0 Å². The number of likely N-dealkylation sites (tertiary alicyclic amines) is 1. The predicted molar refractivity (Wildman–Crippen MR) is 237 cm³/mol. The molecule has 1 N–H and O–H groups in total. The normalized spacial score (nSPS) is 18.3. The number of hydrogen-bond donors (Lipinski definition) is 1. The standard InChI is InChI=1S/C48H48FN9O5/c1-4-37-40(19-21-51-44(37)57-24-23-56(48(57)62)36-8-5-20-50-27-36)39-16-15-35(58-46(63-3)53-54(2)47(58)61)26-41(39)31-11-9-30(10-12-31)33-7-6-22-55(28-33)29-34-14-13-32(25-42(34)49)38-17-18-43(59)52-45(38)60/h5,8-16,19-21,25-27,33,38H,4,6-7,17-18,22-24,28-29H2,1-3H3,(H,52,59,60). The van der Waals surface area contributed by atoms with Crippen LogP contribution in [0, 0.1) is 5.82 Å². The Bertz CT molecular complexity index is 2770. The number of benzene rings is 3. The Morgan fingerprint density at radius 1 is 0.841 bits per heavy atom. The molecule has 4 amide bonds. The number of nitrogens with zero attached hydrogens (tertiary/aromatic N) is 8. The Morgan fingerprint density at radius 2 is 1.65 bits per heavy atom. The number of rotatable bonds is 11. The van der Waals surface area contributed by atoms with E-state index in [1.807, 2.05) is 42.5 Å². The second kappa shape index (κ2) is 17.4. The number of nitrogens with one attached hydrogen (secondary N) is 1. The number of carbonyl (C=O) groups excluding carboxylic acids is 3. The van der Waals surface area contributed by atoms with Crippen molar-refractivity contribution in [1.82, 2.24) is 34.5 Å². The van der Waals surface area contributed by atoms with E-state index in [1.54, 1.807) is 41.5 Å². The van der Waals surface area contributed by atoms with Crippen LogP contribution in [0.1, 0.15) is 66.7 Å². The van der Waals surface area contributed by atoms with Crippen LogP contribution in [0.25, 0.3) is 27.9 Å². The van der Waals surface area contributed by atoms with E-state index in [0.29, 0.717) is 55.1 Å². The number of aromatic nitrogens is 5. The van der Waals surface area contributed by atoms with Crippen molar-refractivity contribution in [3.8, 4) is 34.0 Å². The number of aryl methyl sites for hydroxylation is 1. The van der Waals surface area contributed by atoms with Gasteiger partial charge in [-0.25, -0.2) is 28.2 Å². The molecule has 2 atom stereocenters. The first kappa shape index (κ1) is 41.4. The summed E-state index contributed by atoms with van der Waals surface area (Å²) in [6, 6.07) is 25.1. The summed E-state index contributed by atoms with van der Waals surface area (Å²) in [7, 11) is 3.06. The molecule has 63 heavy (non-hydrogen) atoms. The molecule has 3 fully saturated rings. The predicted octanol–water partition coefficient (Wildman–Crippen LogP) is 6.75. The lowest BCUT2D eigenvalue weighted by Gasteiger charge is -2.33. The summed E-state index contributed by atoms with van der Waals surface area (Å²) in [6.45, 7) is 5.08. The van der Waals surface area contributed by atoms with Crippen LogP contribution in [-0.2, 0) is 29.6 Å². The molecular formula is C48H48FN9O5. The van der Waals surface area contributed by atoms with Crippen LogP contribution in [0.4, 0.5) is 20.7 Å². The van der Waals surface area contributed by atoms with Gasteiger partial charge < -0.3 is 4.74 Å². The van der Waals surface area contributed by atoms with Crippen molar-refractivity contribution < 1.29 is 23.5 Å². The van der Waals surface area contributed by atoms with Crippen LogP contribution in [-0.4, -0.2) is 80.3 Å². The third kappa shape index (κ3) is 8.00. The molecule has 15 heteroatoms. The minimum absolute atomic E-state index is 0.161. The van der Waals surface area contributed by atoms with Gasteiger partial charge in [0.05, 0.1) is 30.6 Å². The number of piperidine rings is 2. The van der Waals surface area contributed by atoms with E-state index in [2.05, 4.69) is 51.5 Å². The number of halogens is 1. The van der Waals surface area contributed by atoms with Gasteiger partial charge in [-0.05, 0) is 108 Å². The largest absolute Gasteiger partial charge is 0.467 e. The van der Waals surface area contributed by atoms with Crippen LogP contribution in [0.15, 0.2) is 102 Å². The van der Waals surface area contributed by atoms with Crippen LogP contribution < -0.4 is 25.5 Å². The molecule has 14 nitrogen and oxygen atoms in total. The average Bonchev–Trinajstić information content (AvgIpc) is 3.83. The number of imide groups is 1. The van der Waals surface area contributed by atoms with Gasteiger partial charge in [-0.3, -0.25) is 34.6 Å². The highest BCUT2D eigenvalue weighted by Crippen LogP contribution is 2.40. The lowest BCUT2D eigenvalue weighted by Crippen LogP contribution is -2.39. The molecule has 6 heterocycles. The SMILES string of the molecule is CCc1c(-c2ccc(-n3c(OC)nn(C)c3=O)cc2-c2ccc(C3CCCN(Cc4ccc(C5CCC(=O)NC5=O)cc4F)C3)cc2)ccnc1N1CCN(c2cccnc2)C1=O. The fraction of sp³-hybridized carbons (Fsp3) is 0.312. The maximum atomic E-state index is 15.5. The monoisotopic (exact) mass is 849 g/mol. The second-order valence-electron chi connectivity index (χ2n) is 16.3. The zero-order valence-electron chi connectivity index (χ0n) is 35.5. The highest BCUT2D eigenvalue weighted by Gasteiger charge is 2.34. The third-order valence-corrected chi connectivity index (χ3v) is 12.5. The zero-order valence-corrected chi connectivity index (χ0v) is 35.5. The number of ether oxygens (including phenoxy) is 1. The van der Waals surface area contributed by atoms with Crippen LogP contribution in [0.2, 0.25) is 0 Å². The van der Waals surface area contributed by atoms with Gasteiger partial charge in [-0.2, -0.15) is 0 Å². The Labute approximate surface area is 363 Å². The van der Waals surface area contributed by atoms with Gasteiger partial charge in [0, 0.05) is 63.2 Å². The van der Waals surface area contributed by atoms with E-state index in [-0.39, 0.29) is 47.7 Å². The third-order valence-electron chi connectivity index (χ3n) is 12.5. The zero-order chi connectivity index (χ0) is 43.8. The molecule has 0 aliphatic carbocycles. The molecule has 322 valence electrons. The first-order valence-electron chi connectivity index (χ1n) is 21.4. The highest BCUT2D eigenvalue weighted by atomic mass is 19.1. The van der Waals surface area contributed by atoms with Crippen molar-refractivity contribution in [2.75, 3.05) is 43.1 Å². The van der Waals surface area contributed by atoms with Gasteiger partial charge >= 0.3 is 17.7 Å². The Kier molecular flexibility index (Phi) is 11.4.